The molecular weight excluding hydrogens is 278 g/mol. The summed E-state index contributed by atoms with van der Waals surface area (Å²) in [5.74, 6) is -2.92. The minimum Gasteiger partial charge on any atom is -0.353 e. The molecule has 0 saturated heterocycles. The number of amides is 1. The molecule has 0 atom stereocenters. The zero-order valence-corrected chi connectivity index (χ0v) is 11.2. The molecule has 0 saturated carbocycles. The maximum atomic E-state index is 12.9. The van der Waals surface area contributed by atoms with Crippen molar-refractivity contribution in [3.05, 3.63) is 29.8 Å². The minimum absolute atomic E-state index is 0.125. The first-order valence-electron chi connectivity index (χ1n) is 5.46. The number of hydrogen-bond acceptors (Lipinski definition) is 3. The Kier molecular flexibility index (Phi) is 4.96. The highest BCUT2D eigenvalue weighted by molar-refractivity contribution is 7.89. The van der Waals surface area contributed by atoms with Gasteiger partial charge in [-0.1, -0.05) is 0 Å². The third kappa shape index (κ3) is 4.56. The van der Waals surface area contributed by atoms with E-state index in [4.69, 9.17) is 0 Å². The number of hydrogen-bond donors (Lipinski definition) is 2. The Labute approximate surface area is 110 Å². The molecule has 0 aliphatic heterocycles. The largest absolute Gasteiger partial charge is 0.353 e. The average Bonchev–Trinajstić information content (AvgIpc) is 2.29. The Morgan fingerprint density at radius 2 is 1.89 bits per heavy atom. The van der Waals surface area contributed by atoms with Crippen molar-refractivity contribution in [2.75, 3.05) is 6.54 Å². The van der Waals surface area contributed by atoms with Gasteiger partial charge >= 0.3 is 0 Å². The SMILES string of the molecule is CC(C)NC(=O)CNS(=O)(=O)c1ccc(F)c(F)c1. The summed E-state index contributed by atoms with van der Waals surface area (Å²) >= 11 is 0. The molecule has 0 fully saturated rings. The average molecular weight is 292 g/mol. The number of sulfonamides is 1. The molecule has 8 heteroatoms. The van der Waals surface area contributed by atoms with Gasteiger partial charge in [0.05, 0.1) is 11.4 Å². The van der Waals surface area contributed by atoms with E-state index in [1.54, 1.807) is 13.8 Å². The molecule has 1 rings (SSSR count). The monoisotopic (exact) mass is 292 g/mol. The molecular formula is C11H14F2N2O3S. The van der Waals surface area contributed by atoms with Gasteiger partial charge in [0.1, 0.15) is 0 Å². The highest BCUT2D eigenvalue weighted by Gasteiger charge is 2.17. The normalized spacial score (nSPS) is 11.6. The maximum absolute atomic E-state index is 12.9. The molecule has 19 heavy (non-hydrogen) atoms. The number of halogens is 2. The maximum Gasteiger partial charge on any atom is 0.241 e. The van der Waals surface area contributed by atoms with Gasteiger partial charge in [0.2, 0.25) is 15.9 Å². The van der Waals surface area contributed by atoms with Gasteiger partial charge in [-0.15, -0.1) is 0 Å². The molecule has 0 radical (unpaired) electrons. The number of benzene rings is 1. The van der Waals surface area contributed by atoms with Crippen LogP contribution in [0.25, 0.3) is 0 Å². The lowest BCUT2D eigenvalue weighted by Gasteiger charge is -2.10. The lowest BCUT2D eigenvalue weighted by Crippen LogP contribution is -2.39. The molecule has 1 amide bonds. The van der Waals surface area contributed by atoms with Crippen molar-refractivity contribution in [2.24, 2.45) is 0 Å². The minimum atomic E-state index is -4.05. The molecule has 0 bridgehead atoms. The summed E-state index contributed by atoms with van der Waals surface area (Å²) in [5.41, 5.74) is 0. The van der Waals surface area contributed by atoms with Crippen molar-refractivity contribution in [1.29, 1.82) is 0 Å². The molecule has 0 spiro atoms. The van der Waals surface area contributed by atoms with Gasteiger partial charge < -0.3 is 5.32 Å². The number of rotatable bonds is 5. The Hall–Kier alpha value is -1.54. The number of carbonyl (C=O) groups excluding carboxylic acids is 1. The quantitative estimate of drug-likeness (QED) is 0.841. The van der Waals surface area contributed by atoms with Gasteiger partial charge in [-0.2, -0.15) is 0 Å². The van der Waals surface area contributed by atoms with Crippen LogP contribution in [0.3, 0.4) is 0 Å². The molecule has 0 aromatic heterocycles. The summed E-state index contributed by atoms with van der Waals surface area (Å²) in [4.78, 5) is 10.8. The molecule has 2 N–H and O–H groups in total. The van der Waals surface area contributed by atoms with Gasteiger partial charge in [-0.3, -0.25) is 4.79 Å². The van der Waals surface area contributed by atoms with Gasteiger partial charge in [-0.05, 0) is 32.0 Å². The summed E-state index contributed by atoms with van der Waals surface area (Å²) in [6.07, 6.45) is 0. The predicted molar refractivity (Wildman–Crippen MR) is 64.8 cm³/mol. The van der Waals surface area contributed by atoms with E-state index in [1.165, 1.54) is 0 Å². The fourth-order valence-electron chi connectivity index (χ4n) is 1.26. The van der Waals surface area contributed by atoms with Crippen LogP contribution in [-0.2, 0) is 14.8 Å². The number of carbonyl (C=O) groups is 1. The molecule has 106 valence electrons. The van der Waals surface area contributed by atoms with Crippen molar-refractivity contribution in [3.63, 3.8) is 0 Å². The van der Waals surface area contributed by atoms with Gasteiger partial charge in [0, 0.05) is 6.04 Å². The zero-order chi connectivity index (χ0) is 14.6. The van der Waals surface area contributed by atoms with E-state index in [-0.39, 0.29) is 6.04 Å². The van der Waals surface area contributed by atoms with Crippen LogP contribution >= 0.6 is 0 Å². The van der Waals surface area contributed by atoms with Crippen molar-refractivity contribution in [3.8, 4) is 0 Å². The first-order chi connectivity index (χ1) is 8.72. The standard InChI is InChI=1S/C11H14F2N2O3S/c1-7(2)15-11(16)6-14-19(17,18)8-3-4-9(12)10(13)5-8/h3-5,7,14H,6H2,1-2H3,(H,15,16). The van der Waals surface area contributed by atoms with Crippen LogP contribution in [0.5, 0.6) is 0 Å². The summed E-state index contributed by atoms with van der Waals surface area (Å²) < 4.78 is 51.0. The van der Waals surface area contributed by atoms with Gasteiger partial charge in [0.25, 0.3) is 0 Å². The molecule has 1 aromatic rings. The summed E-state index contributed by atoms with van der Waals surface area (Å²) in [7, 11) is -4.05. The fraction of sp³-hybridized carbons (Fsp3) is 0.364. The second-order valence-corrected chi connectivity index (χ2v) is 5.89. The van der Waals surface area contributed by atoms with Crippen molar-refractivity contribution >= 4 is 15.9 Å². The van der Waals surface area contributed by atoms with Crippen molar-refractivity contribution in [1.82, 2.24) is 10.0 Å². The van der Waals surface area contributed by atoms with Crippen LogP contribution < -0.4 is 10.0 Å². The van der Waals surface area contributed by atoms with Gasteiger partial charge in [0.15, 0.2) is 11.6 Å². The first kappa shape index (κ1) is 15.5. The molecule has 0 aliphatic rings. The van der Waals surface area contributed by atoms with Crippen LogP contribution in [0.4, 0.5) is 8.78 Å². The second kappa shape index (κ2) is 6.07. The van der Waals surface area contributed by atoms with Crippen LogP contribution in [-0.4, -0.2) is 26.9 Å². The molecule has 0 unspecified atom stereocenters. The fourth-order valence-corrected chi connectivity index (χ4v) is 2.25. The molecule has 0 heterocycles. The predicted octanol–water partition coefficient (Wildman–Crippen LogP) is 0.768. The van der Waals surface area contributed by atoms with E-state index < -0.39 is 39.0 Å². The topological polar surface area (TPSA) is 75.3 Å². The highest BCUT2D eigenvalue weighted by Crippen LogP contribution is 2.13. The summed E-state index contributed by atoms with van der Waals surface area (Å²) in [5, 5.41) is 2.49. The van der Waals surface area contributed by atoms with E-state index in [9.17, 15) is 22.0 Å². The van der Waals surface area contributed by atoms with E-state index >= 15 is 0 Å². The number of nitrogens with one attached hydrogen (secondary N) is 2. The van der Waals surface area contributed by atoms with Crippen molar-refractivity contribution in [2.45, 2.75) is 24.8 Å². The lowest BCUT2D eigenvalue weighted by atomic mass is 10.3. The van der Waals surface area contributed by atoms with Crippen molar-refractivity contribution < 1.29 is 22.0 Å². The highest BCUT2D eigenvalue weighted by atomic mass is 32.2. The Morgan fingerprint density at radius 3 is 2.42 bits per heavy atom. The molecule has 0 aliphatic carbocycles. The Morgan fingerprint density at radius 1 is 1.26 bits per heavy atom. The first-order valence-corrected chi connectivity index (χ1v) is 6.95. The van der Waals surface area contributed by atoms with E-state index in [0.29, 0.717) is 12.1 Å². The Balaban J connectivity index is 2.76. The van der Waals surface area contributed by atoms with Crippen LogP contribution in [0.2, 0.25) is 0 Å². The van der Waals surface area contributed by atoms with Crippen LogP contribution in [0.1, 0.15) is 13.8 Å². The second-order valence-electron chi connectivity index (χ2n) is 4.12. The molecule has 5 nitrogen and oxygen atoms in total. The Bertz CT molecular complexity index is 573. The third-order valence-corrected chi connectivity index (χ3v) is 3.47. The third-order valence-electron chi connectivity index (χ3n) is 2.07. The smallest absolute Gasteiger partial charge is 0.241 e. The van der Waals surface area contributed by atoms with Gasteiger partial charge in [-0.25, -0.2) is 21.9 Å². The summed E-state index contributed by atoms with van der Waals surface area (Å²) in [6.45, 7) is 2.98. The van der Waals surface area contributed by atoms with E-state index in [0.717, 1.165) is 6.07 Å². The van der Waals surface area contributed by atoms with Crippen LogP contribution in [0.15, 0.2) is 23.1 Å². The zero-order valence-electron chi connectivity index (χ0n) is 10.4. The van der Waals surface area contributed by atoms with E-state index in [1.807, 2.05) is 4.72 Å². The molecule has 1 aromatic carbocycles. The van der Waals surface area contributed by atoms with Crippen LogP contribution in [0, 0.1) is 11.6 Å². The van der Waals surface area contributed by atoms with E-state index in [2.05, 4.69) is 5.32 Å². The lowest BCUT2D eigenvalue weighted by molar-refractivity contribution is -0.120. The summed E-state index contributed by atoms with van der Waals surface area (Å²) in [6, 6.07) is 2.05.